The number of hydrogen-bond acceptors (Lipinski definition) is 3. The number of carboxylic acid groups (broad SMARTS) is 1. The summed E-state index contributed by atoms with van der Waals surface area (Å²) in [6.07, 6.45) is 2.16. The molecule has 0 spiro atoms. The van der Waals surface area contributed by atoms with Gasteiger partial charge in [-0.3, -0.25) is 9.69 Å². The lowest BCUT2D eigenvalue weighted by molar-refractivity contribution is -0.139. The van der Waals surface area contributed by atoms with Crippen molar-refractivity contribution in [1.82, 2.24) is 4.90 Å². The van der Waals surface area contributed by atoms with Gasteiger partial charge in [0.25, 0.3) is 0 Å². The molecule has 0 aromatic carbocycles. The van der Waals surface area contributed by atoms with E-state index in [0.29, 0.717) is 6.04 Å². The van der Waals surface area contributed by atoms with Crippen molar-refractivity contribution in [3.05, 3.63) is 0 Å². The molecule has 0 saturated carbocycles. The number of rotatable bonds is 5. The first kappa shape index (κ1) is 12.5. The fourth-order valence-corrected chi connectivity index (χ4v) is 2.20. The zero-order chi connectivity index (χ0) is 11.3. The van der Waals surface area contributed by atoms with Crippen LogP contribution < -0.4 is 0 Å². The minimum Gasteiger partial charge on any atom is -0.481 e. The Labute approximate surface area is 91.2 Å². The van der Waals surface area contributed by atoms with Crippen LogP contribution in [0.5, 0.6) is 0 Å². The quantitative estimate of drug-likeness (QED) is 0.752. The summed E-state index contributed by atoms with van der Waals surface area (Å²) >= 11 is 0. The molecular weight excluding hydrogens is 194 g/mol. The molecule has 0 aromatic heterocycles. The fraction of sp³-hybridized carbons (Fsp3) is 0.909. The Morgan fingerprint density at radius 1 is 1.60 bits per heavy atom. The molecule has 2 unspecified atom stereocenters. The number of aliphatic carboxylic acids is 1. The van der Waals surface area contributed by atoms with Crippen LogP contribution in [-0.4, -0.2) is 47.8 Å². The number of morpholine rings is 1. The first-order chi connectivity index (χ1) is 7.19. The van der Waals surface area contributed by atoms with Gasteiger partial charge in [0.1, 0.15) is 0 Å². The Balaban J connectivity index is 2.58. The van der Waals surface area contributed by atoms with Crippen LogP contribution in [0.2, 0.25) is 0 Å². The van der Waals surface area contributed by atoms with Gasteiger partial charge in [-0.1, -0.05) is 13.8 Å². The van der Waals surface area contributed by atoms with Gasteiger partial charge in [-0.2, -0.15) is 0 Å². The minimum absolute atomic E-state index is 0.163. The third-order valence-electron chi connectivity index (χ3n) is 3.09. The Morgan fingerprint density at radius 2 is 2.33 bits per heavy atom. The summed E-state index contributed by atoms with van der Waals surface area (Å²) in [5.74, 6) is -0.705. The molecule has 4 nitrogen and oxygen atoms in total. The molecule has 0 radical (unpaired) electrons. The van der Waals surface area contributed by atoms with Gasteiger partial charge in [-0.25, -0.2) is 0 Å². The van der Waals surface area contributed by atoms with Gasteiger partial charge in [0.2, 0.25) is 0 Å². The van der Waals surface area contributed by atoms with E-state index < -0.39 is 5.97 Å². The molecule has 0 bridgehead atoms. The summed E-state index contributed by atoms with van der Waals surface area (Å²) in [6.45, 7) is 6.51. The van der Waals surface area contributed by atoms with E-state index in [1.165, 1.54) is 0 Å². The molecule has 1 aliphatic rings. The van der Waals surface area contributed by atoms with Crippen molar-refractivity contribution in [2.24, 2.45) is 0 Å². The van der Waals surface area contributed by atoms with E-state index >= 15 is 0 Å². The second-order valence-electron chi connectivity index (χ2n) is 4.03. The summed E-state index contributed by atoms with van der Waals surface area (Å²) in [7, 11) is 0. The predicted octanol–water partition coefficient (Wildman–Crippen LogP) is 1.35. The maximum absolute atomic E-state index is 10.7. The molecule has 1 heterocycles. The molecule has 0 aromatic rings. The number of ether oxygens (including phenoxy) is 1. The van der Waals surface area contributed by atoms with Crippen molar-refractivity contribution in [2.75, 3.05) is 19.8 Å². The number of nitrogens with zero attached hydrogens (tertiary/aromatic N) is 1. The first-order valence-corrected chi connectivity index (χ1v) is 5.74. The maximum atomic E-state index is 10.7. The highest BCUT2D eigenvalue weighted by molar-refractivity contribution is 5.67. The molecule has 15 heavy (non-hydrogen) atoms. The van der Waals surface area contributed by atoms with Crippen LogP contribution in [0.1, 0.15) is 33.1 Å². The molecule has 88 valence electrons. The summed E-state index contributed by atoms with van der Waals surface area (Å²) in [6, 6.07) is 0.555. The molecule has 4 heteroatoms. The number of carboxylic acids is 1. The second kappa shape index (κ2) is 6.08. The predicted molar refractivity (Wildman–Crippen MR) is 57.9 cm³/mol. The third kappa shape index (κ3) is 3.47. The van der Waals surface area contributed by atoms with Crippen LogP contribution in [0.15, 0.2) is 0 Å². The van der Waals surface area contributed by atoms with Crippen molar-refractivity contribution in [3.63, 3.8) is 0 Å². The fourth-order valence-electron chi connectivity index (χ4n) is 2.20. The van der Waals surface area contributed by atoms with Crippen molar-refractivity contribution < 1.29 is 14.6 Å². The van der Waals surface area contributed by atoms with Crippen LogP contribution >= 0.6 is 0 Å². The average molecular weight is 215 g/mol. The highest BCUT2D eigenvalue weighted by atomic mass is 16.5. The van der Waals surface area contributed by atoms with Crippen LogP contribution in [0.25, 0.3) is 0 Å². The number of hydrogen-bond donors (Lipinski definition) is 1. The first-order valence-electron chi connectivity index (χ1n) is 5.74. The molecule has 1 saturated heterocycles. The zero-order valence-corrected chi connectivity index (χ0v) is 9.61. The van der Waals surface area contributed by atoms with Crippen LogP contribution in [-0.2, 0) is 9.53 Å². The van der Waals surface area contributed by atoms with Gasteiger partial charge < -0.3 is 9.84 Å². The van der Waals surface area contributed by atoms with E-state index in [1.54, 1.807) is 0 Å². The van der Waals surface area contributed by atoms with Crippen LogP contribution in [0.3, 0.4) is 0 Å². The average Bonchev–Trinajstić information content (AvgIpc) is 2.25. The Kier molecular flexibility index (Phi) is 5.05. The normalized spacial score (nSPS) is 25.1. The van der Waals surface area contributed by atoms with Crippen molar-refractivity contribution in [1.29, 1.82) is 0 Å². The van der Waals surface area contributed by atoms with Gasteiger partial charge in [-0.05, 0) is 12.8 Å². The summed E-state index contributed by atoms with van der Waals surface area (Å²) < 4.78 is 5.41. The maximum Gasteiger partial charge on any atom is 0.304 e. The summed E-state index contributed by atoms with van der Waals surface area (Å²) in [5, 5.41) is 8.85. The topological polar surface area (TPSA) is 49.8 Å². The van der Waals surface area contributed by atoms with Gasteiger partial charge in [0.15, 0.2) is 0 Å². The smallest absolute Gasteiger partial charge is 0.304 e. The molecule has 2 atom stereocenters. The van der Waals surface area contributed by atoms with Crippen LogP contribution in [0, 0.1) is 0 Å². The zero-order valence-electron chi connectivity index (χ0n) is 9.61. The lowest BCUT2D eigenvalue weighted by atomic mass is 10.0. The van der Waals surface area contributed by atoms with E-state index in [1.807, 2.05) is 0 Å². The molecule has 1 rings (SSSR count). The largest absolute Gasteiger partial charge is 0.481 e. The van der Waals surface area contributed by atoms with E-state index in [2.05, 4.69) is 18.7 Å². The summed E-state index contributed by atoms with van der Waals surface area (Å²) in [4.78, 5) is 13.1. The molecule has 1 fully saturated rings. The Hall–Kier alpha value is -0.610. The summed E-state index contributed by atoms with van der Waals surface area (Å²) in [5.41, 5.74) is 0. The molecule has 0 aliphatic carbocycles. The molecule has 0 amide bonds. The molecule has 1 aliphatic heterocycles. The minimum atomic E-state index is -0.705. The standard InChI is InChI=1S/C11H21NO3/c1-3-9(7-11(13)14)12-5-6-15-8-10(12)4-2/h9-10H,3-8H2,1-2H3,(H,13,14). The van der Waals surface area contributed by atoms with Crippen LogP contribution in [0.4, 0.5) is 0 Å². The van der Waals surface area contributed by atoms with E-state index in [-0.39, 0.29) is 12.5 Å². The lowest BCUT2D eigenvalue weighted by Gasteiger charge is -2.40. The second-order valence-corrected chi connectivity index (χ2v) is 4.03. The third-order valence-corrected chi connectivity index (χ3v) is 3.09. The highest BCUT2D eigenvalue weighted by Gasteiger charge is 2.28. The van der Waals surface area contributed by atoms with Crippen molar-refractivity contribution >= 4 is 5.97 Å². The van der Waals surface area contributed by atoms with Crippen molar-refractivity contribution in [3.8, 4) is 0 Å². The lowest BCUT2D eigenvalue weighted by Crippen LogP contribution is -2.50. The SMILES string of the molecule is CCC1COCCN1C(CC)CC(=O)O. The van der Waals surface area contributed by atoms with Crippen molar-refractivity contribution in [2.45, 2.75) is 45.2 Å². The Morgan fingerprint density at radius 3 is 2.87 bits per heavy atom. The van der Waals surface area contributed by atoms with Gasteiger partial charge in [0.05, 0.1) is 19.6 Å². The number of carbonyl (C=O) groups is 1. The monoisotopic (exact) mass is 215 g/mol. The van der Waals surface area contributed by atoms with Gasteiger partial charge >= 0.3 is 5.97 Å². The molecule has 1 N–H and O–H groups in total. The van der Waals surface area contributed by atoms with E-state index in [4.69, 9.17) is 9.84 Å². The molecular formula is C11H21NO3. The Bertz CT molecular complexity index is 208. The highest BCUT2D eigenvalue weighted by Crippen LogP contribution is 2.18. The van der Waals surface area contributed by atoms with E-state index in [0.717, 1.165) is 32.6 Å². The van der Waals surface area contributed by atoms with Gasteiger partial charge in [0, 0.05) is 18.6 Å². The van der Waals surface area contributed by atoms with E-state index in [9.17, 15) is 4.79 Å². The van der Waals surface area contributed by atoms with Gasteiger partial charge in [-0.15, -0.1) is 0 Å².